The minimum absolute atomic E-state index is 0.380. The van der Waals surface area contributed by atoms with Crippen LogP contribution < -0.4 is 4.74 Å². The monoisotopic (exact) mass is 371 g/mol. The highest BCUT2D eigenvalue weighted by Gasteiger charge is 2.15. The van der Waals surface area contributed by atoms with Crippen molar-refractivity contribution in [3.63, 3.8) is 0 Å². The van der Waals surface area contributed by atoms with Crippen molar-refractivity contribution in [2.45, 2.75) is 0 Å². The maximum atomic E-state index is 11.9. The van der Waals surface area contributed by atoms with Crippen molar-refractivity contribution in [1.29, 1.82) is 0 Å². The second kappa shape index (κ2) is 8.99. The van der Waals surface area contributed by atoms with E-state index in [0.29, 0.717) is 11.3 Å². The Kier molecular flexibility index (Phi) is 6.48. The van der Waals surface area contributed by atoms with E-state index in [1.54, 1.807) is 19.2 Å². The molecule has 1 heterocycles. The van der Waals surface area contributed by atoms with Crippen LogP contribution in [0.15, 0.2) is 54.6 Å². The third-order valence-electron chi connectivity index (χ3n) is 3.59. The van der Waals surface area contributed by atoms with Crippen LogP contribution in [-0.4, -0.2) is 40.7 Å². The lowest BCUT2D eigenvalue weighted by atomic mass is 10.0. The van der Waals surface area contributed by atoms with Crippen LogP contribution in [0.3, 0.4) is 0 Å². The second-order valence-electron chi connectivity index (χ2n) is 5.17. The number of esters is 1. The van der Waals surface area contributed by atoms with Gasteiger partial charge in [0.15, 0.2) is 0 Å². The van der Waals surface area contributed by atoms with E-state index in [1.165, 1.54) is 7.11 Å². The fourth-order valence-electron chi connectivity index (χ4n) is 2.37. The number of carbonyl (C=O) groups is 1. The summed E-state index contributed by atoms with van der Waals surface area (Å²) in [5.41, 5.74) is 3.76. The Hall–Kier alpha value is -3.88. The minimum atomic E-state index is -1.50. The summed E-state index contributed by atoms with van der Waals surface area (Å²) in [7, 11) is 3.00. The van der Waals surface area contributed by atoms with Gasteiger partial charge in [-0.05, 0) is 42.0 Å². The molecule has 9 nitrogen and oxygen atoms in total. The standard InChI is InChI=1S/C18H16N2O3.HNO3/c1-22-13-9-7-12(8-10-13)16-11-17(20-19-16)14-5-3-4-6-15(14)18(21)23-2;2-1(3)4/h3-11H,1-2H3,(H,19,20);(H,2,3,4). The van der Waals surface area contributed by atoms with Gasteiger partial charge in [-0.15, -0.1) is 10.1 Å². The van der Waals surface area contributed by atoms with Gasteiger partial charge in [-0.1, -0.05) is 18.2 Å². The summed E-state index contributed by atoms with van der Waals surface area (Å²) in [5.74, 6) is 0.416. The van der Waals surface area contributed by atoms with E-state index in [2.05, 4.69) is 10.2 Å². The van der Waals surface area contributed by atoms with E-state index in [1.807, 2.05) is 42.5 Å². The number of hydrogen-bond donors (Lipinski definition) is 2. The van der Waals surface area contributed by atoms with E-state index in [0.717, 1.165) is 22.6 Å². The Labute approximate surface area is 154 Å². The van der Waals surface area contributed by atoms with Gasteiger partial charge in [0.2, 0.25) is 0 Å². The molecule has 0 atom stereocenters. The quantitative estimate of drug-likeness (QED) is 0.409. The summed E-state index contributed by atoms with van der Waals surface area (Å²) in [5, 5.41) is 21.0. The van der Waals surface area contributed by atoms with E-state index in [4.69, 9.17) is 24.8 Å². The van der Waals surface area contributed by atoms with Crippen molar-refractivity contribution in [3.8, 4) is 28.3 Å². The van der Waals surface area contributed by atoms with Gasteiger partial charge in [0.25, 0.3) is 5.09 Å². The number of rotatable bonds is 4. The molecule has 2 aromatic carbocycles. The molecule has 0 saturated carbocycles. The van der Waals surface area contributed by atoms with E-state index >= 15 is 0 Å². The zero-order valence-corrected chi connectivity index (χ0v) is 14.6. The van der Waals surface area contributed by atoms with Crippen LogP contribution in [-0.2, 0) is 4.74 Å². The Bertz CT molecular complexity index is 917. The SMILES string of the molecule is COC(=O)c1ccccc1-c1cc(-c2ccc(OC)cc2)[nH]n1.O=[N+]([O-])O. The van der Waals surface area contributed by atoms with Gasteiger partial charge >= 0.3 is 5.97 Å². The van der Waals surface area contributed by atoms with Crippen LogP contribution in [0.5, 0.6) is 5.75 Å². The predicted molar refractivity (Wildman–Crippen MR) is 96.1 cm³/mol. The lowest BCUT2D eigenvalue weighted by Crippen LogP contribution is -2.03. The molecule has 0 radical (unpaired) electrons. The number of H-pyrrole nitrogens is 1. The molecule has 3 rings (SSSR count). The van der Waals surface area contributed by atoms with Crippen LogP contribution in [0.2, 0.25) is 0 Å². The number of methoxy groups -OCH3 is 2. The van der Waals surface area contributed by atoms with E-state index < -0.39 is 5.09 Å². The van der Waals surface area contributed by atoms with Gasteiger partial charge in [-0.2, -0.15) is 5.10 Å². The maximum Gasteiger partial charge on any atom is 0.338 e. The minimum Gasteiger partial charge on any atom is -0.497 e. The number of carbonyl (C=O) groups excluding carboxylic acids is 1. The topological polar surface area (TPSA) is 128 Å². The fourth-order valence-corrected chi connectivity index (χ4v) is 2.37. The Morgan fingerprint density at radius 3 is 2.37 bits per heavy atom. The van der Waals surface area contributed by atoms with Crippen LogP contribution in [0.4, 0.5) is 0 Å². The molecule has 2 N–H and O–H groups in total. The fraction of sp³-hybridized carbons (Fsp3) is 0.111. The first-order chi connectivity index (χ1) is 13.0. The first-order valence-corrected chi connectivity index (χ1v) is 7.67. The lowest BCUT2D eigenvalue weighted by Gasteiger charge is -2.04. The predicted octanol–water partition coefficient (Wildman–Crippen LogP) is 3.19. The molecule has 0 spiro atoms. The molecule has 0 saturated heterocycles. The first-order valence-electron chi connectivity index (χ1n) is 7.67. The van der Waals surface area contributed by atoms with Gasteiger partial charge in [-0.3, -0.25) is 5.10 Å². The molecule has 0 aliphatic heterocycles. The summed E-state index contributed by atoms with van der Waals surface area (Å²) in [6, 6.07) is 16.8. The molecule has 0 fully saturated rings. The van der Waals surface area contributed by atoms with Crippen molar-refractivity contribution in [2.24, 2.45) is 0 Å². The molecule has 1 aromatic heterocycles. The Balaban J connectivity index is 0.000000596. The maximum absolute atomic E-state index is 11.9. The van der Waals surface area contributed by atoms with Crippen LogP contribution in [0.1, 0.15) is 10.4 Å². The normalized spacial score (nSPS) is 9.70. The molecule has 9 heteroatoms. The zero-order valence-electron chi connectivity index (χ0n) is 14.6. The molecular weight excluding hydrogens is 354 g/mol. The summed E-state index contributed by atoms with van der Waals surface area (Å²) in [4.78, 5) is 20.2. The van der Waals surface area contributed by atoms with Crippen LogP contribution >= 0.6 is 0 Å². The van der Waals surface area contributed by atoms with Crippen molar-refractivity contribution < 1.29 is 24.6 Å². The number of nitrogens with one attached hydrogen (secondary N) is 1. The summed E-state index contributed by atoms with van der Waals surface area (Å²) >= 11 is 0. The zero-order chi connectivity index (χ0) is 19.8. The van der Waals surface area contributed by atoms with Crippen molar-refractivity contribution in [3.05, 3.63) is 70.3 Å². The van der Waals surface area contributed by atoms with Crippen molar-refractivity contribution in [2.75, 3.05) is 14.2 Å². The molecule has 0 aliphatic carbocycles. The van der Waals surface area contributed by atoms with Crippen LogP contribution in [0, 0.1) is 10.1 Å². The number of ether oxygens (including phenoxy) is 2. The van der Waals surface area contributed by atoms with Gasteiger partial charge in [-0.25, -0.2) is 4.79 Å². The van der Waals surface area contributed by atoms with E-state index in [9.17, 15) is 4.79 Å². The van der Waals surface area contributed by atoms with E-state index in [-0.39, 0.29) is 5.97 Å². The lowest BCUT2D eigenvalue weighted by molar-refractivity contribution is -0.742. The van der Waals surface area contributed by atoms with Crippen LogP contribution in [0.25, 0.3) is 22.5 Å². The molecule has 3 aromatic rings. The third-order valence-corrected chi connectivity index (χ3v) is 3.59. The largest absolute Gasteiger partial charge is 0.497 e. The molecule has 0 aliphatic rings. The molecule has 0 bridgehead atoms. The number of aromatic amines is 1. The molecular formula is C18H17N3O6. The Morgan fingerprint density at radius 1 is 1.15 bits per heavy atom. The van der Waals surface area contributed by atoms with Crippen molar-refractivity contribution in [1.82, 2.24) is 10.2 Å². The third kappa shape index (κ3) is 5.05. The number of benzene rings is 2. The van der Waals surface area contributed by atoms with Gasteiger partial charge in [0.1, 0.15) is 5.75 Å². The van der Waals surface area contributed by atoms with Crippen molar-refractivity contribution >= 4 is 5.97 Å². The molecule has 27 heavy (non-hydrogen) atoms. The van der Waals surface area contributed by atoms with Gasteiger partial charge in [0, 0.05) is 5.56 Å². The number of hydrogen-bond acceptors (Lipinski definition) is 6. The average molecular weight is 371 g/mol. The Morgan fingerprint density at radius 2 is 1.78 bits per heavy atom. The highest BCUT2D eigenvalue weighted by molar-refractivity contribution is 5.96. The first kappa shape index (κ1) is 19.4. The smallest absolute Gasteiger partial charge is 0.338 e. The summed E-state index contributed by atoms with van der Waals surface area (Å²) in [6.45, 7) is 0. The van der Waals surface area contributed by atoms with Gasteiger partial charge in [0.05, 0.1) is 31.2 Å². The highest BCUT2D eigenvalue weighted by Crippen LogP contribution is 2.27. The second-order valence-corrected chi connectivity index (χ2v) is 5.17. The summed E-state index contributed by atoms with van der Waals surface area (Å²) < 4.78 is 9.98. The average Bonchev–Trinajstić information content (AvgIpc) is 3.17. The number of nitrogens with zero attached hydrogens (tertiary/aromatic N) is 2. The molecule has 0 amide bonds. The number of aromatic nitrogens is 2. The highest BCUT2D eigenvalue weighted by atomic mass is 16.9. The molecule has 140 valence electrons. The molecule has 0 unspecified atom stereocenters. The summed E-state index contributed by atoms with van der Waals surface area (Å²) in [6.07, 6.45) is 0. The van der Waals surface area contributed by atoms with Gasteiger partial charge < -0.3 is 14.7 Å².